The topological polar surface area (TPSA) is 52.9 Å². The van der Waals surface area contributed by atoms with Crippen LogP contribution in [0.5, 0.6) is 5.75 Å². The molecule has 1 heterocycles. The van der Waals surface area contributed by atoms with Crippen LogP contribution in [-0.4, -0.2) is 41.9 Å². The van der Waals surface area contributed by atoms with Gasteiger partial charge in [-0.05, 0) is 43.1 Å². The summed E-state index contributed by atoms with van der Waals surface area (Å²) in [5.74, 6) is 0.699. The monoisotopic (exact) mass is 361 g/mol. The molecular formula is C20H24ClNO3. The van der Waals surface area contributed by atoms with E-state index in [0.717, 1.165) is 24.1 Å². The molecule has 5 heteroatoms. The molecule has 0 spiro atoms. The van der Waals surface area contributed by atoms with Crippen molar-refractivity contribution < 1.29 is 14.9 Å². The molecule has 2 aromatic carbocycles. The number of aliphatic hydroxyl groups is 2. The van der Waals surface area contributed by atoms with Crippen molar-refractivity contribution in [2.45, 2.75) is 24.5 Å². The average Bonchev–Trinajstić information content (AvgIpc) is 2.62. The summed E-state index contributed by atoms with van der Waals surface area (Å²) in [6, 6.07) is 14.8. The van der Waals surface area contributed by atoms with Crippen LogP contribution in [0.3, 0.4) is 0 Å². The number of β-amino-alcohol motifs (C(OH)–C–C–N with tert-alkyl or cyclic N) is 2. The quantitative estimate of drug-likeness (QED) is 0.857. The first kappa shape index (κ1) is 18.2. The van der Waals surface area contributed by atoms with Crippen LogP contribution in [0.4, 0.5) is 0 Å². The van der Waals surface area contributed by atoms with Crippen LogP contribution >= 0.6 is 11.6 Å². The second kappa shape index (κ2) is 7.75. The molecule has 2 N–H and O–H groups in total. The molecule has 0 radical (unpaired) electrons. The molecule has 1 aliphatic heterocycles. The lowest BCUT2D eigenvalue weighted by Crippen LogP contribution is -2.47. The lowest BCUT2D eigenvalue weighted by atomic mass is 9.85. The Morgan fingerprint density at radius 3 is 2.64 bits per heavy atom. The van der Waals surface area contributed by atoms with E-state index in [2.05, 4.69) is 4.90 Å². The van der Waals surface area contributed by atoms with Crippen LogP contribution in [0, 0.1) is 0 Å². The summed E-state index contributed by atoms with van der Waals surface area (Å²) in [5, 5.41) is 22.4. The number of halogens is 1. The van der Waals surface area contributed by atoms with Crippen LogP contribution in [0.15, 0.2) is 48.5 Å². The zero-order chi connectivity index (χ0) is 17.9. The first-order valence-electron chi connectivity index (χ1n) is 8.53. The van der Waals surface area contributed by atoms with E-state index in [1.54, 1.807) is 19.2 Å². The Morgan fingerprint density at radius 2 is 1.92 bits per heavy atom. The number of methoxy groups -OCH3 is 1. The van der Waals surface area contributed by atoms with Gasteiger partial charge in [0, 0.05) is 23.7 Å². The van der Waals surface area contributed by atoms with Crippen molar-refractivity contribution in [3.8, 4) is 5.75 Å². The van der Waals surface area contributed by atoms with Gasteiger partial charge in [0.25, 0.3) is 0 Å². The number of aliphatic hydroxyl groups excluding tert-OH is 1. The van der Waals surface area contributed by atoms with Crippen molar-refractivity contribution in [3.05, 3.63) is 64.7 Å². The zero-order valence-corrected chi connectivity index (χ0v) is 15.1. The second-order valence-corrected chi connectivity index (χ2v) is 7.07. The highest BCUT2D eigenvalue weighted by Gasteiger charge is 2.37. The lowest BCUT2D eigenvalue weighted by Gasteiger charge is -2.40. The molecule has 1 saturated heterocycles. The first-order chi connectivity index (χ1) is 12.0. The van der Waals surface area contributed by atoms with Crippen molar-refractivity contribution in [3.63, 3.8) is 0 Å². The molecule has 0 aromatic heterocycles. The third kappa shape index (κ3) is 4.15. The van der Waals surface area contributed by atoms with Crippen LogP contribution in [-0.2, 0) is 5.60 Å². The molecule has 0 aliphatic carbocycles. The Labute approximate surface area is 153 Å². The number of likely N-dealkylation sites (tertiary alicyclic amines) is 1. The molecule has 25 heavy (non-hydrogen) atoms. The number of hydrogen-bond acceptors (Lipinski definition) is 4. The number of para-hydroxylation sites is 1. The lowest BCUT2D eigenvalue weighted by molar-refractivity contribution is -0.0474. The summed E-state index contributed by atoms with van der Waals surface area (Å²) in [5.41, 5.74) is 0.670. The summed E-state index contributed by atoms with van der Waals surface area (Å²) in [6.45, 7) is 1.79. The smallest absolute Gasteiger partial charge is 0.124 e. The van der Waals surface area contributed by atoms with Gasteiger partial charge in [0.2, 0.25) is 0 Å². The predicted octanol–water partition coefficient (Wildman–Crippen LogP) is 3.37. The fraction of sp³-hybridized carbons (Fsp3) is 0.400. The van der Waals surface area contributed by atoms with Gasteiger partial charge in [-0.3, -0.25) is 4.90 Å². The Bertz CT molecular complexity index is 706. The fourth-order valence-corrected chi connectivity index (χ4v) is 3.69. The number of rotatable bonds is 5. The molecule has 4 nitrogen and oxygen atoms in total. The molecule has 0 amide bonds. The summed E-state index contributed by atoms with van der Waals surface area (Å²) < 4.78 is 5.42. The van der Waals surface area contributed by atoms with Crippen LogP contribution in [0.2, 0.25) is 5.02 Å². The summed E-state index contributed by atoms with van der Waals surface area (Å²) in [7, 11) is 1.62. The largest absolute Gasteiger partial charge is 0.496 e. The van der Waals surface area contributed by atoms with Gasteiger partial charge in [0.05, 0.1) is 13.2 Å². The molecule has 0 unspecified atom stereocenters. The molecule has 2 aromatic rings. The normalized spacial score (nSPS) is 22.6. The molecule has 134 valence electrons. The van der Waals surface area contributed by atoms with Crippen molar-refractivity contribution in [1.82, 2.24) is 4.90 Å². The third-order valence-corrected chi connectivity index (χ3v) is 5.10. The zero-order valence-electron chi connectivity index (χ0n) is 14.4. The Balaban J connectivity index is 1.73. The van der Waals surface area contributed by atoms with E-state index in [9.17, 15) is 10.2 Å². The first-order valence-corrected chi connectivity index (χ1v) is 8.91. The molecule has 1 fully saturated rings. The van der Waals surface area contributed by atoms with Crippen molar-refractivity contribution in [1.29, 1.82) is 0 Å². The van der Waals surface area contributed by atoms with E-state index in [0.29, 0.717) is 30.3 Å². The van der Waals surface area contributed by atoms with E-state index in [-0.39, 0.29) is 0 Å². The highest BCUT2D eigenvalue weighted by Crippen LogP contribution is 2.37. The average molecular weight is 362 g/mol. The minimum Gasteiger partial charge on any atom is -0.496 e. The molecule has 2 atom stereocenters. The molecule has 3 rings (SSSR count). The highest BCUT2D eigenvalue weighted by atomic mass is 35.5. The minimum absolute atomic E-state index is 0.470. The van der Waals surface area contributed by atoms with Gasteiger partial charge >= 0.3 is 0 Å². The molecule has 1 aliphatic rings. The maximum absolute atomic E-state index is 11.2. The van der Waals surface area contributed by atoms with Crippen molar-refractivity contribution in [2.75, 3.05) is 26.7 Å². The Morgan fingerprint density at radius 1 is 1.20 bits per heavy atom. The van der Waals surface area contributed by atoms with E-state index in [4.69, 9.17) is 16.3 Å². The van der Waals surface area contributed by atoms with Crippen LogP contribution in [0.1, 0.15) is 30.1 Å². The molecule has 0 bridgehead atoms. The van der Waals surface area contributed by atoms with Gasteiger partial charge in [-0.2, -0.15) is 0 Å². The van der Waals surface area contributed by atoms with Gasteiger partial charge < -0.3 is 14.9 Å². The highest BCUT2D eigenvalue weighted by molar-refractivity contribution is 6.30. The van der Waals surface area contributed by atoms with Gasteiger partial charge in [0.15, 0.2) is 0 Å². The third-order valence-electron chi connectivity index (χ3n) is 4.84. The maximum Gasteiger partial charge on any atom is 0.124 e. The second-order valence-electron chi connectivity index (χ2n) is 6.64. The van der Waals surface area contributed by atoms with Crippen molar-refractivity contribution >= 4 is 11.6 Å². The number of nitrogens with zero attached hydrogens (tertiary/aromatic N) is 1. The summed E-state index contributed by atoms with van der Waals surface area (Å²) in [4.78, 5) is 2.11. The maximum atomic E-state index is 11.2. The van der Waals surface area contributed by atoms with Crippen LogP contribution in [0.25, 0.3) is 0 Å². The van der Waals surface area contributed by atoms with E-state index in [1.807, 2.05) is 36.4 Å². The van der Waals surface area contributed by atoms with E-state index >= 15 is 0 Å². The fourth-order valence-electron chi connectivity index (χ4n) is 3.56. The van der Waals surface area contributed by atoms with Gasteiger partial charge in [-0.25, -0.2) is 0 Å². The van der Waals surface area contributed by atoms with Gasteiger partial charge in [-0.1, -0.05) is 41.9 Å². The SMILES string of the molecule is COc1ccccc1[C@]1(O)CCCN(C[C@@H](O)c2ccc(Cl)cc2)C1. The number of benzene rings is 2. The van der Waals surface area contributed by atoms with E-state index in [1.165, 1.54) is 0 Å². The summed E-state index contributed by atoms with van der Waals surface area (Å²) >= 11 is 5.91. The van der Waals surface area contributed by atoms with Crippen molar-refractivity contribution in [2.24, 2.45) is 0 Å². The molecular weight excluding hydrogens is 338 g/mol. The number of piperidine rings is 1. The van der Waals surface area contributed by atoms with Gasteiger partial charge in [0.1, 0.15) is 11.4 Å². The minimum atomic E-state index is -0.968. The van der Waals surface area contributed by atoms with Gasteiger partial charge in [-0.15, -0.1) is 0 Å². The number of ether oxygens (including phenoxy) is 1. The van der Waals surface area contributed by atoms with Crippen LogP contribution < -0.4 is 4.74 Å². The summed E-state index contributed by atoms with van der Waals surface area (Å²) in [6.07, 6.45) is 0.931. The Kier molecular flexibility index (Phi) is 5.64. The number of hydrogen-bond donors (Lipinski definition) is 2. The Hall–Kier alpha value is -1.59. The molecule has 0 saturated carbocycles. The van der Waals surface area contributed by atoms with E-state index < -0.39 is 11.7 Å². The predicted molar refractivity (Wildman–Crippen MR) is 99.0 cm³/mol. The standard InChI is InChI=1S/C20H24ClNO3/c1-25-19-6-3-2-5-17(19)20(24)11-4-12-22(14-20)13-18(23)15-7-9-16(21)10-8-15/h2-3,5-10,18,23-24H,4,11-14H2,1H3/t18-,20+/m1/s1.